The van der Waals surface area contributed by atoms with Crippen molar-refractivity contribution >= 4 is 29.2 Å². The minimum atomic E-state index is -0.555. The molecular formula is C31H46ClN7O4. The Morgan fingerprint density at radius 3 is 2.49 bits per heavy atom. The smallest absolute Gasteiger partial charge is 0.248 e. The Kier molecular flexibility index (Phi) is 11.7. The highest BCUT2D eigenvalue weighted by Gasteiger charge is 2.35. The molecule has 2 aliphatic rings. The molecular weight excluding hydrogens is 570 g/mol. The number of aliphatic hydroxyl groups excluding tert-OH is 1. The summed E-state index contributed by atoms with van der Waals surface area (Å²) in [6, 6.07) is 7.68. The van der Waals surface area contributed by atoms with Crippen molar-refractivity contribution in [3.8, 4) is 0 Å². The van der Waals surface area contributed by atoms with Crippen molar-refractivity contribution in [3.05, 3.63) is 52.4 Å². The van der Waals surface area contributed by atoms with Crippen LogP contribution in [0.2, 0.25) is 5.02 Å². The molecule has 1 saturated heterocycles. The Balaban J connectivity index is 1.45. The lowest BCUT2D eigenvalue weighted by Gasteiger charge is -2.39. The molecule has 1 aromatic carbocycles. The number of nitrogens with zero attached hydrogens (tertiary/aromatic N) is 6. The third kappa shape index (κ3) is 8.21. The lowest BCUT2D eigenvalue weighted by Crippen LogP contribution is -2.52. The second-order valence-corrected chi connectivity index (χ2v) is 12.2. The van der Waals surface area contributed by atoms with Crippen LogP contribution in [0.3, 0.4) is 0 Å². The van der Waals surface area contributed by atoms with Crippen molar-refractivity contribution in [1.82, 2.24) is 24.7 Å². The highest BCUT2D eigenvalue weighted by molar-refractivity contribution is 6.30. The van der Waals surface area contributed by atoms with Gasteiger partial charge in [-0.05, 0) is 43.9 Å². The Hall–Kier alpha value is -2.83. The Morgan fingerprint density at radius 1 is 1.14 bits per heavy atom. The molecule has 3 N–H and O–H groups in total. The molecule has 2 heterocycles. The molecule has 2 aromatic rings. The molecule has 0 spiro atoms. The largest absolute Gasteiger partial charge is 0.387 e. The van der Waals surface area contributed by atoms with Gasteiger partial charge in [0.1, 0.15) is 18.8 Å². The highest BCUT2D eigenvalue weighted by Crippen LogP contribution is 2.42. The maximum Gasteiger partial charge on any atom is 0.248 e. The van der Waals surface area contributed by atoms with E-state index in [4.69, 9.17) is 22.1 Å². The monoisotopic (exact) mass is 615 g/mol. The molecule has 0 saturated carbocycles. The topological polar surface area (TPSA) is 128 Å². The van der Waals surface area contributed by atoms with Gasteiger partial charge in [-0.3, -0.25) is 14.5 Å². The number of amides is 2. The number of fused-ring (bicyclic) bond motifs is 1. The minimum absolute atomic E-state index is 0.00452. The average molecular weight is 616 g/mol. The van der Waals surface area contributed by atoms with E-state index in [0.717, 1.165) is 22.6 Å². The van der Waals surface area contributed by atoms with Crippen molar-refractivity contribution < 1.29 is 19.4 Å². The number of rotatable bonds is 13. The second-order valence-electron chi connectivity index (χ2n) is 11.8. The molecule has 0 bridgehead atoms. The average Bonchev–Trinajstić information content (AvgIpc) is 3.30. The molecule has 3 atom stereocenters. The van der Waals surface area contributed by atoms with E-state index in [-0.39, 0.29) is 30.4 Å². The van der Waals surface area contributed by atoms with Crippen LogP contribution in [0.5, 0.6) is 0 Å². The fraction of sp³-hybridized carbons (Fsp3) is 0.613. The standard InChI is InChI=1S/C31H46ClN7O4/c1-21(2)39(11-10-36(4)27(41)19-43-16-9-33)18-25(23-5-7-24(32)8-6-23)31(42)38-14-12-37(13-15-38)30-28-22(3)17-26(40)29(28)34-20-35-30/h5-8,20-22,25-26,40H,9-19,33H2,1-4H3/t22-,25-,26-/m1/s1. The fourth-order valence-electron chi connectivity index (χ4n) is 5.89. The molecule has 0 radical (unpaired) electrons. The summed E-state index contributed by atoms with van der Waals surface area (Å²) in [5.41, 5.74) is 8.12. The summed E-state index contributed by atoms with van der Waals surface area (Å²) < 4.78 is 5.31. The molecule has 4 rings (SSSR count). The third-order valence-electron chi connectivity index (χ3n) is 8.52. The van der Waals surface area contributed by atoms with Crippen LogP contribution in [0.4, 0.5) is 5.82 Å². The molecule has 11 nitrogen and oxygen atoms in total. The van der Waals surface area contributed by atoms with E-state index >= 15 is 0 Å². The van der Waals surface area contributed by atoms with Crippen molar-refractivity contribution in [3.63, 3.8) is 0 Å². The number of likely N-dealkylation sites (N-methyl/N-ethyl adjacent to an activating group) is 1. The summed E-state index contributed by atoms with van der Waals surface area (Å²) >= 11 is 6.20. The zero-order valence-corrected chi connectivity index (χ0v) is 26.5. The van der Waals surface area contributed by atoms with Gasteiger partial charge in [-0.25, -0.2) is 9.97 Å². The molecule has 1 aromatic heterocycles. The van der Waals surface area contributed by atoms with Crippen LogP contribution in [0.15, 0.2) is 30.6 Å². The lowest BCUT2D eigenvalue weighted by molar-refractivity contribution is -0.136. The number of ether oxygens (including phenoxy) is 1. The van der Waals surface area contributed by atoms with Gasteiger partial charge in [-0.15, -0.1) is 0 Å². The molecule has 236 valence electrons. The minimum Gasteiger partial charge on any atom is -0.387 e. The summed E-state index contributed by atoms with van der Waals surface area (Å²) in [5.74, 6) is 0.638. The van der Waals surface area contributed by atoms with E-state index in [0.29, 0.717) is 70.4 Å². The number of anilines is 1. The van der Waals surface area contributed by atoms with Gasteiger partial charge in [0.2, 0.25) is 11.8 Å². The predicted molar refractivity (Wildman–Crippen MR) is 167 cm³/mol. The van der Waals surface area contributed by atoms with E-state index in [1.54, 1.807) is 11.9 Å². The number of aliphatic hydroxyl groups is 1. The number of piperazine rings is 1. The predicted octanol–water partition coefficient (Wildman–Crippen LogP) is 2.25. The van der Waals surface area contributed by atoms with Crippen LogP contribution >= 0.6 is 11.6 Å². The maximum absolute atomic E-state index is 14.2. The van der Waals surface area contributed by atoms with Gasteiger partial charge in [0, 0.05) is 76.0 Å². The molecule has 1 fully saturated rings. The molecule has 0 unspecified atom stereocenters. The first-order valence-electron chi connectivity index (χ1n) is 15.2. The van der Waals surface area contributed by atoms with Gasteiger partial charge in [0.15, 0.2) is 0 Å². The van der Waals surface area contributed by atoms with Gasteiger partial charge < -0.3 is 30.3 Å². The number of carbonyl (C=O) groups excluding carboxylic acids is 2. The molecule has 12 heteroatoms. The Labute approximate surface area is 259 Å². The zero-order valence-electron chi connectivity index (χ0n) is 25.8. The van der Waals surface area contributed by atoms with Crippen molar-refractivity contribution in [2.75, 3.05) is 77.5 Å². The second kappa shape index (κ2) is 15.3. The third-order valence-corrected chi connectivity index (χ3v) is 8.78. The highest BCUT2D eigenvalue weighted by atomic mass is 35.5. The summed E-state index contributed by atoms with van der Waals surface area (Å²) in [5, 5.41) is 11.0. The van der Waals surface area contributed by atoms with Crippen LogP contribution in [0, 0.1) is 0 Å². The van der Waals surface area contributed by atoms with Crippen LogP contribution in [0.1, 0.15) is 62.0 Å². The van der Waals surface area contributed by atoms with Gasteiger partial charge >= 0.3 is 0 Å². The normalized spacial score (nSPS) is 19.2. The van der Waals surface area contributed by atoms with Crippen LogP contribution in [-0.4, -0.2) is 120 Å². The first-order chi connectivity index (χ1) is 20.6. The lowest BCUT2D eigenvalue weighted by atomic mass is 9.95. The van der Waals surface area contributed by atoms with E-state index < -0.39 is 12.0 Å². The number of nitrogens with two attached hydrogens (primary N) is 1. The SMILES string of the molecule is CC(C)N(CCN(C)C(=O)COCCN)C[C@@H](C(=O)N1CCN(c2ncnc3c2[C@H](C)C[C@H]3O)CC1)c1ccc(Cl)cc1. The summed E-state index contributed by atoms with van der Waals surface area (Å²) in [6.07, 6.45) is 1.63. The molecule has 1 aliphatic carbocycles. The first kappa shape index (κ1) is 33.1. The zero-order chi connectivity index (χ0) is 31.1. The Bertz CT molecular complexity index is 1220. The Morgan fingerprint density at radius 2 is 1.84 bits per heavy atom. The van der Waals surface area contributed by atoms with Gasteiger partial charge in [-0.1, -0.05) is 30.7 Å². The maximum atomic E-state index is 14.2. The van der Waals surface area contributed by atoms with Crippen molar-refractivity contribution in [2.24, 2.45) is 5.73 Å². The first-order valence-corrected chi connectivity index (χ1v) is 15.6. The van der Waals surface area contributed by atoms with Gasteiger partial charge in [0.25, 0.3) is 0 Å². The van der Waals surface area contributed by atoms with E-state index in [9.17, 15) is 14.7 Å². The number of halogens is 1. The van der Waals surface area contributed by atoms with Gasteiger partial charge in [-0.2, -0.15) is 0 Å². The van der Waals surface area contributed by atoms with Crippen LogP contribution in [0.25, 0.3) is 0 Å². The fourth-order valence-corrected chi connectivity index (χ4v) is 6.01. The number of hydrogen-bond acceptors (Lipinski definition) is 9. The van der Waals surface area contributed by atoms with Crippen LogP contribution < -0.4 is 10.6 Å². The number of benzene rings is 1. The van der Waals surface area contributed by atoms with Crippen molar-refractivity contribution in [2.45, 2.75) is 51.2 Å². The number of hydrogen-bond donors (Lipinski definition) is 2. The quantitative estimate of drug-likeness (QED) is 0.326. The van der Waals surface area contributed by atoms with E-state index in [1.165, 1.54) is 6.33 Å². The molecule has 2 amide bonds. The molecule has 43 heavy (non-hydrogen) atoms. The van der Waals surface area contributed by atoms with Crippen LogP contribution in [-0.2, 0) is 14.3 Å². The summed E-state index contributed by atoms with van der Waals surface area (Å²) in [7, 11) is 1.77. The van der Waals surface area contributed by atoms with E-state index in [1.807, 2.05) is 29.2 Å². The molecule has 1 aliphatic heterocycles. The number of aromatic nitrogens is 2. The van der Waals surface area contributed by atoms with Gasteiger partial charge in [0.05, 0.1) is 24.3 Å². The van der Waals surface area contributed by atoms with Crippen molar-refractivity contribution in [1.29, 1.82) is 0 Å². The summed E-state index contributed by atoms with van der Waals surface area (Å²) in [6.45, 7) is 11.1. The number of carbonyl (C=O) groups is 2. The van der Waals surface area contributed by atoms with E-state index in [2.05, 4.69) is 40.5 Å². The summed E-state index contributed by atoms with van der Waals surface area (Å²) in [4.78, 5) is 43.6.